The van der Waals surface area contributed by atoms with Gasteiger partial charge in [-0.1, -0.05) is 19.3 Å². The molecule has 2 N–H and O–H groups in total. The highest BCUT2D eigenvalue weighted by molar-refractivity contribution is 7.15. The maximum absolute atomic E-state index is 6.05. The minimum Gasteiger partial charge on any atom is -0.378 e. The van der Waals surface area contributed by atoms with Crippen LogP contribution in [0.25, 0.3) is 0 Å². The van der Waals surface area contributed by atoms with E-state index in [9.17, 15) is 0 Å². The van der Waals surface area contributed by atoms with E-state index in [1.807, 2.05) is 6.20 Å². The smallest absolute Gasteiger partial charge is 0.180 e. The van der Waals surface area contributed by atoms with Gasteiger partial charge in [-0.05, 0) is 33.2 Å². The predicted molar refractivity (Wildman–Crippen MR) is 94.6 cm³/mol. The van der Waals surface area contributed by atoms with Gasteiger partial charge in [0.05, 0.1) is 6.10 Å². The summed E-state index contributed by atoms with van der Waals surface area (Å²) in [5.74, 6) is 0. The Hall–Kier alpha value is -0.360. The number of nitrogens with zero attached hydrogens (tertiary/aromatic N) is 2. The van der Waals surface area contributed by atoms with Crippen molar-refractivity contribution in [2.24, 2.45) is 5.41 Å². The van der Waals surface area contributed by atoms with Crippen molar-refractivity contribution in [3.8, 4) is 0 Å². The van der Waals surface area contributed by atoms with Crippen LogP contribution in [0.4, 0.5) is 5.13 Å². The van der Waals surface area contributed by atoms with Crippen LogP contribution in [0.1, 0.15) is 50.3 Å². The largest absolute Gasteiger partial charge is 0.378 e. The molecule has 1 aromatic rings. The maximum Gasteiger partial charge on any atom is 0.180 e. The van der Waals surface area contributed by atoms with Crippen molar-refractivity contribution in [1.29, 1.82) is 0 Å². The third kappa shape index (κ3) is 3.28. The normalized spacial score (nSPS) is 26.7. The summed E-state index contributed by atoms with van der Waals surface area (Å²) in [5.41, 5.74) is 6.15. The summed E-state index contributed by atoms with van der Waals surface area (Å²) >= 11 is 1.61. The lowest BCUT2D eigenvalue weighted by molar-refractivity contribution is -0.179. The molecule has 0 bridgehead atoms. The van der Waals surface area contributed by atoms with E-state index in [2.05, 4.69) is 23.9 Å². The molecule has 2 aliphatic rings. The molecule has 2 atom stereocenters. The number of nitrogens with two attached hydrogens (primary N) is 1. The van der Waals surface area contributed by atoms with Gasteiger partial charge >= 0.3 is 0 Å². The Labute approximate surface area is 143 Å². The van der Waals surface area contributed by atoms with Crippen molar-refractivity contribution < 1.29 is 4.74 Å². The molecule has 0 aliphatic heterocycles. The molecule has 2 fully saturated rings. The molecule has 1 heterocycles. The zero-order chi connectivity index (χ0) is 14.9. The minimum absolute atomic E-state index is 0. The molecule has 2 aliphatic carbocycles. The number of rotatable bonds is 5. The molecule has 2 unspecified atom stereocenters. The zero-order valence-corrected chi connectivity index (χ0v) is 15.2. The highest BCUT2D eigenvalue weighted by Crippen LogP contribution is 2.55. The molecular formula is C16H28ClN3OS. The molecule has 1 spiro atoms. The minimum atomic E-state index is 0. The predicted octanol–water partition coefficient (Wildman–Crippen LogP) is 3.71. The van der Waals surface area contributed by atoms with Crippen LogP contribution in [0.2, 0.25) is 0 Å². The van der Waals surface area contributed by atoms with Gasteiger partial charge in [0.1, 0.15) is 0 Å². The number of thiazole rings is 1. The van der Waals surface area contributed by atoms with Crippen LogP contribution in [0.15, 0.2) is 6.20 Å². The first-order chi connectivity index (χ1) is 10.2. The highest BCUT2D eigenvalue weighted by Gasteiger charge is 2.56. The summed E-state index contributed by atoms with van der Waals surface area (Å²) in [7, 11) is 2.25. The Morgan fingerprint density at radius 1 is 1.41 bits per heavy atom. The second-order valence-electron chi connectivity index (χ2n) is 6.57. The fourth-order valence-electron chi connectivity index (χ4n) is 4.40. The summed E-state index contributed by atoms with van der Waals surface area (Å²) in [6.07, 6.45) is 10.4. The Balaban J connectivity index is 0.00000176. The number of aromatic nitrogens is 1. The third-order valence-corrected chi connectivity index (χ3v) is 6.21. The van der Waals surface area contributed by atoms with Crippen LogP contribution < -0.4 is 5.73 Å². The highest BCUT2D eigenvalue weighted by atomic mass is 35.5. The van der Waals surface area contributed by atoms with Crippen LogP contribution >= 0.6 is 23.7 Å². The van der Waals surface area contributed by atoms with Gasteiger partial charge in [-0.25, -0.2) is 4.98 Å². The van der Waals surface area contributed by atoms with Gasteiger partial charge in [-0.15, -0.1) is 23.7 Å². The van der Waals surface area contributed by atoms with Crippen LogP contribution in [-0.4, -0.2) is 35.7 Å². The van der Waals surface area contributed by atoms with Crippen molar-refractivity contribution in [3.05, 3.63) is 11.1 Å². The molecule has 0 aromatic carbocycles. The van der Waals surface area contributed by atoms with Crippen molar-refractivity contribution in [1.82, 2.24) is 9.88 Å². The van der Waals surface area contributed by atoms with Crippen LogP contribution in [0, 0.1) is 5.41 Å². The summed E-state index contributed by atoms with van der Waals surface area (Å²) < 4.78 is 6.05. The molecular weight excluding hydrogens is 318 g/mol. The van der Waals surface area contributed by atoms with E-state index in [0.717, 1.165) is 13.2 Å². The first-order valence-corrected chi connectivity index (χ1v) is 8.99. The SMILES string of the molecule is CCOC1CC(N(C)Cc2cnc(N)s2)C12CCCCC2.Cl. The molecule has 0 amide bonds. The fourth-order valence-corrected chi connectivity index (χ4v) is 5.14. The van der Waals surface area contributed by atoms with Gasteiger partial charge in [0.25, 0.3) is 0 Å². The molecule has 1 aromatic heterocycles. The summed E-state index contributed by atoms with van der Waals surface area (Å²) in [6, 6.07) is 0.651. The molecule has 0 radical (unpaired) electrons. The standard InChI is InChI=1S/C16H27N3OS.ClH/c1-3-20-14-9-13(16(14)7-5-4-6-8-16)19(2)11-12-10-18-15(17)21-12;/h10,13-14H,3-9,11H2,1-2H3,(H2,17,18);1H. The van der Waals surface area contributed by atoms with Gasteiger partial charge in [-0.2, -0.15) is 0 Å². The Morgan fingerprint density at radius 3 is 2.73 bits per heavy atom. The number of nitrogen functional groups attached to an aromatic ring is 1. The average Bonchev–Trinajstić information content (AvgIpc) is 2.89. The van der Waals surface area contributed by atoms with Gasteiger partial charge < -0.3 is 10.5 Å². The maximum atomic E-state index is 6.05. The monoisotopic (exact) mass is 345 g/mol. The zero-order valence-electron chi connectivity index (χ0n) is 13.6. The van der Waals surface area contributed by atoms with E-state index in [-0.39, 0.29) is 12.4 Å². The molecule has 2 saturated carbocycles. The fraction of sp³-hybridized carbons (Fsp3) is 0.812. The molecule has 22 heavy (non-hydrogen) atoms. The Bertz CT molecular complexity index is 476. The Morgan fingerprint density at radius 2 is 2.14 bits per heavy atom. The van der Waals surface area contributed by atoms with Crippen LogP contribution in [0.3, 0.4) is 0 Å². The van der Waals surface area contributed by atoms with Crippen molar-refractivity contribution in [2.45, 2.75) is 64.1 Å². The van der Waals surface area contributed by atoms with Gasteiger partial charge in [-0.3, -0.25) is 4.90 Å². The number of hydrogen-bond acceptors (Lipinski definition) is 5. The van der Waals surface area contributed by atoms with Crippen molar-refractivity contribution in [2.75, 3.05) is 19.4 Å². The second-order valence-corrected chi connectivity index (χ2v) is 7.72. The van der Waals surface area contributed by atoms with E-state index < -0.39 is 0 Å². The Kier molecular flexibility index (Phi) is 6.11. The van der Waals surface area contributed by atoms with Gasteiger partial charge in [0.15, 0.2) is 5.13 Å². The lowest BCUT2D eigenvalue weighted by Gasteiger charge is -2.60. The number of halogens is 1. The van der Waals surface area contributed by atoms with E-state index in [1.54, 1.807) is 11.3 Å². The lowest BCUT2D eigenvalue weighted by Crippen LogP contribution is -2.64. The molecule has 0 saturated heterocycles. The van der Waals surface area contributed by atoms with Crippen molar-refractivity contribution in [3.63, 3.8) is 0 Å². The first-order valence-electron chi connectivity index (χ1n) is 8.18. The molecule has 3 rings (SSSR count). The summed E-state index contributed by atoms with van der Waals surface area (Å²) in [6.45, 7) is 3.92. The van der Waals surface area contributed by atoms with Crippen LogP contribution in [0.5, 0.6) is 0 Å². The van der Waals surface area contributed by atoms with E-state index in [1.165, 1.54) is 43.4 Å². The van der Waals surface area contributed by atoms with Crippen LogP contribution in [-0.2, 0) is 11.3 Å². The lowest BCUT2D eigenvalue weighted by atomic mass is 9.54. The number of ether oxygens (including phenoxy) is 1. The average molecular weight is 346 g/mol. The quantitative estimate of drug-likeness (QED) is 0.883. The number of hydrogen-bond donors (Lipinski definition) is 1. The van der Waals surface area contributed by atoms with Crippen molar-refractivity contribution >= 4 is 28.9 Å². The van der Waals surface area contributed by atoms with Gasteiger partial charge in [0.2, 0.25) is 0 Å². The molecule has 126 valence electrons. The van der Waals surface area contributed by atoms with E-state index >= 15 is 0 Å². The summed E-state index contributed by atoms with van der Waals surface area (Å²) in [5, 5.41) is 0.673. The summed E-state index contributed by atoms with van der Waals surface area (Å²) in [4.78, 5) is 7.94. The van der Waals surface area contributed by atoms with Gasteiger partial charge in [0, 0.05) is 35.7 Å². The number of anilines is 1. The topological polar surface area (TPSA) is 51.4 Å². The van der Waals surface area contributed by atoms with E-state index in [4.69, 9.17) is 10.5 Å². The first kappa shape index (κ1) is 18.0. The second kappa shape index (κ2) is 7.47. The third-order valence-electron chi connectivity index (χ3n) is 5.40. The molecule has 6 heteroatoms. The van der Waals surface area contributed by atoms with E-state index in [0.29, 0.717) is 22.7 Å². The molecule has 4 nitrogen and oxygen atoms in total.